The van der Waals surface area contributed by atoms with Gasteiger partial charge in [-0.05, 0) is 74.2 Å². The number of anilines is 1. The van der Waals surface area contributed by atoms with Crippen molar-refractivity contribution in [2.75, 3.05) is 5.32 Å². The van der Waals surface area contributed by atoms with E-state index < -0.39 is 5.60 Å². The molecule has 0 spiro atoms. The monoisotopic (exact) mass is 438 g/mol. The molecule has 0 bridgehead atoms. The van der Waals surface area contributed by atoms with Crippen molar-refractivity contribution in [1.82, 2.24) is 15.3 Å². The van der Waals surface area contributed by atoms with Gasteiger partial charge in [-0.25, -0.2) is 9.78 Å². The zero-order valence-electron chi connectivity index (χ0n) is 12.8. The molecule has 122 valence electrons. The summed E-state index contributed by atoms with van der Waals surface area (Å²) >= 11 is 7.99. The molecular formula is C14H20ClIN4O2. The van der Waals surface area contributed by atoms with Crippen LogP contribution in [0.25, 0.3) is 0 Å². The maximum absolute atomic E-state index is 11.8. The van der Waals surface area contributed by atoms with E-state index >= 15 is 0 Å². The van der Waals surface area contributed by atoms with Crippen molar-refractivity contribution in [3.63, 3.8) is 0 Å². The number of carbonyl (C=O) groups is 1. The van der Waals surface area contributed by atoms with E-state index in [0.29, 0.717) is 0 Å². The van der Waals surface area contributed by atoms with E-state index in [1.807, 2.05) is 20.8 Å². The molecule has 0 aliphatic heterocycles. The molecule has 8 heteroatoms. The molecule has 2 rings (SSSR count). The molecule has 1 aliphatic carbocycles. The summed E-state index contributed by atoms with van der Waals surface area (Å²) in [6.07, 6.45) is 4.02. The summed E-state index contributed by atoms with van der Waals surface area (Å²) in [5, 5.41) is 6.51. The molecule has 1 aliphatic rings. The van der Waals surface area contributed by atoms with Crippen LogP contribution >= 0.6 is 34.2 Å². The van der Waals surface area contributed by atoms with Gasteiger partial charge in [0, 0.05) is 18.3 Å². The highest BCUT2D eigenvalue weighted by molar-refractivity contribution is 14.1. The number of nitrogens with one attached hydrogen (secondary N) is 2. The molecule has 0 aromatic carbocycles. The van der Waals surface area contributed by atoms with Crippen LogP contribution in [0.4, 0.5) is 10.6 Å². The Hall–Kier alpha value is -0.830. The highest BCUT2D eigenvalue weighted by Crippen LogP contribution is 2.25. The predicted molar refractivity (Wildman–Crippen MR) is 94.2 cm³/mol. The van der Waals surface area contributed by atoms with Crippen molar-refractivity contribution < 1.29 is 9.53 Å². The number of carbonyl (C=O) groups excluding carboxylic acids is 1. The van der Waals surface area contributed by atoms with Crippen molar-refractivity contribution in [2.45, 2.75) is 57.7 Å². The van der Waals surface area contributed by atoms with Gasteiger partial charge in [-0.15, -0.1) is 0 Å². The van der Waals surface area contributed by atoms with E-state index in [9.17, 15) is 4.79 Å². The van der Waals surface area contributed by atoms with E-state index in [1.165, 1.54) is 0 Å². The van der Waals surface area contributed by atoms with Gasteiger partial charge in [0.15, 0.2) is 0 Å². The smallest absolute Gasteiger partial charge is 0.407 e. The largest absolute Gasteiger partial charge is 0.444 e. The molecule has 2 unspecified atom stereocenters. The second kappa shape index (κ2) is 7.16. The Balaban J connectivity index is 1.85. The van der Waals surface area contributed by atoms with Gasteiger partial charge in [0.1, 0.15) is 11.4 Å². The lowest BCUT2D eigenvalue weighted by molar-refractivity contribution is 0.0505. The molecule has 1 amide bonds. The molecule has 2 N–H and O–H groups in total. The second-order valence-corrected chi connectivity index (χ2v) is 7.83. The van der Waals surface area contributed by atoms with Crippen LogP contribution in [0.15, 0.2) is 6.20 Å². The molecule has 2 atom stereocenters. The summed E-state index contributed by atoms with van der Waals surface area (Å²) < 4.78 is 6.20. The van der Waals surface area contributed by atoms with Crippen LogP contribution in [0.3, 0.4) is 0 Å². The number of amides is 1. The summed E-state index contributed by atoms with van der Waals surface area (Å²) in [5.41, 5.74) is -0.478. The molecule has 0 radical (unpaired) electrons. The molecule has 1 saturated carbocycles. The Morgan fingerprint density at radius 1 is 1.41 bits per heavy atom. The predicted octanol–water partition coefficient (Wildman–Crippen LogP) is 3.59. The fraction of sp³-hybridized carbons (Fsp3) is 0.643. The van der Waals surface area contributed by atoms with E-state index in [0.717, 1.165) is 28.7 Å². The summed E-state index contributed by atoms with van der Waals surface area (Å²) in [7, 11) is 0. The zero-order valence-corrected chi connectivity index (χ0v) is 15.7. The van der Waals surface area contributed by atoms with Crippen molar-refractivity contribution >= 4 is 46.1 Å². The maximum Gasteiger partial charge on any atom is 0.407 e. The van der Waals surface area contributed by atoms with Gasteiger partial charge in [0.2, 0.25) is 5.28 Å². The molecule has 6 nitrogen and oxygen atoms in total. The minimum Gasteiger partial charge on any atom is -0.444 e. The lowest BCUT2D eigenvalue weighted by Crippen LogP contribution is -2.38. The van der Waals surface area contributed by atoms with Gasteiger partial charge in [0.05, 0.1) is 3.57 Å². The fourth-order valence-electron chi connectivity index (χ4n) is 2.36. The van der Waals surface area contributed by atoms with Gasteiger partial charge in [-0.1, -0.05) is 0 Å². The van der Waals surface area contributed by atoms with Crippen molar-refractivity contribution in [3.8, 4) is 0 Å². The Morgan fingerprint density at radius 2 is 2.09 bits per heavy atom. The maximum atomic E-state index is 11.8. The van der Waals surface area contributed by atoms with Crippen molar-refractivity contribution in [1.29, 1.82) is 0 Å². The Bertz CT molecular complexity index is 550. The molecule has 0 saturated heterocycles. The average Bonchev–Trinajstić information content (AvgIpc) is 2.78. The number of alkyl carbamates (subject to hydrolysis) is 1. The third-order valence-corrected chi connectivity index (χ3v) is 4.18. The standard InChI is InChI=1S/C14H20ClIN4O2/c1-14(2,3)22-13(21)19-9-5-4-8(6-9)18-11-10(16)7-17-12(15)20-11/h7-9H,4-6H2,1-3H3,(H,19,21)(H,17,18,20). The number of aromatic nitrogens is 2. The molecular weight excluding hydrogens is 419 g/mol. The second-order valence-electron chi connectivity index (χ2n) is 6.33. The van der Waals surface area contributed by atoms with E-state index in [2.05, 4.69) is 43.2 Å². The van der Waals surface area contributed by atoms with E-state index in [4.69, 9.17) is 16.3 Å². The number of rotatable bonds is 3. The first-order chi connectivity index (χ1) is 10.2. The van der Waals surface area contributed by atoms with Crippen molar-refractivity contribution in [3.05, 3.63) is 15.1 Å². The minimum atomic E-state index is -0.478. The van der Waals surface area contributed by atoms with Crippen LogP contribution in [-0.4, -0.2) is 33.7 Å². The first-order valence-corrected chi connectivity index (χ1v) is 8.63. The van der Waals surface area contributed by atoms with Crippen LogP contribution in [0.1, 0.15) is 40.0 Å². The zero-order chi connectivity index (χ0) is 16.3. The highest BCUT2D eigenvalue weighted by atomic mass is 127. The normalized spacial score (nSPS) is 21.5. The van der Waals surface area contributed by atoms with Crippen LogP contribution < -0.4 is 10.6 Å². The SMILES string of the molecule is CC(C)(C)OC(=O)NC1CCC(Nc2nc(Cl)ncc2I)C1. The van der Waals surface area contributed by atoms with Crippen LogP contribution in [0.5, 0.6) is 0 Å². The summed E-state index contributed by atoms with van der Waals surface area (Å²) in [6, 6.07) is 0.363. The third kappa shape index (κ3) is 5.42. The van der Waals surface area contributed by atoms with Gasteiger partial charge in [-0.2, -0.15) is 4.98 Å². The van der Waals surface area contributed by atoms with Gasteiger partial charge < -0.3 is 15.4 Å². The van der Waals surface area contributed by atoms with Gasteiger partial charge >= 0.3 is 6.09 Å². The Morgan fingerprint density at radius 3 is 2.77 bits per heavy atom. The highest BCUT2D eigenvalue weighted by Gasteiger charge is 2.28. The molecule has 1 aromatic heterocycles. The average molecular weight is 439 g/mol. The Labute approximate surface area is 148 Å². The topological polar surface area (TPSA) is 76.1 Å². The van der Waals surface area contributed by atoms with E-state index in [-0.39, 0.29) is 23.5 Å². The molecule has 1 aromatic rings. The molecule has 1 heterocycles. The van der Waals surface area contributed by atoms with Crippen LogP contribution in [0, 0.1) is 3.57 Å². The number of ether oxygens (including phenoxy) is 1. The van der Waals surface area contributed by atoms with Crippen LogP contribution in [-0.2, 0) is 4.74 Å². The fourth-order valence-corrected chi connectivity index (χ4v) is 2.91. The molecule has 1 fully saturated rings. The van der Waals surface area contributed by atoms with Gasteiger partial charge in [0.25, 0.3) is 0 Å². The van der Waals surface area contributed by atoms with Crippen LogP contribution in [0.2, 0.25) is 5.28 Å². The van der Waals surface area contributed by atoms with E-state index in [1.54, 1.807) is 6.20 Å². The van der Waals surface area contributed by atoms with Crippen molar-refractivity contribution in [2.24, 2.45) is 0 Å². The number of halogens is 2. The van der Waals surface area contributed by atoms with Gasteiger partial charge in [-0.3, -0.25) is 0 Å². The summed E-state index contributed by atoms with van der Waals surface area (Å²) in [6.45, 7) is 5.56. The lowest BCUT2D eigenvalue weighted by Gasteiger charge is -2.22. The quantitative estimate of drug-likeness (QED) is 0.557. The first-order valence-electron chi connectivity index (χ1n) is 7.17. The number of hydrogen-bond acceptors (Lipinski definition) is 5. The number of hydrogen-bond donors (Lipinski definition) is 2. The Kier molecular flexibility index (Phi) is 5.70. The minimum absolute atomic E-state index is 0.113. The summed E-state index contributed by atoms with van der Waals surface area (Å²) in [4.78, 5) is 19.9. The number of nitrogens with zero attached hydrogens (tertiary/aromatic N) is 2. The third-order valence-electron chi connectivity index (χ3n) is 3.21. The summed E-state index contributed by atoms with van der Waals surface area (Å²) in [5.74, 6) is 0.739. The lowest BCUT2D eigenvalue weighted by atomic mass is 10.2. The first kappa shape index (κ1) is 17.5. The molecule has 22 heavy (non-hydrogen) atoms.